The van der Waals surface area contributed by atoms with Gasteiger partial charge in [0, 0.05) is 6.54 Å². The van der Waals surface area contributed by atoms with Crippen LogP contribution in [0.15, 0.2) is 0 Å². The third kappa shape index (κ3) is 19.9. The van der Waals surface area contributed by atoms with Crippen LogP contribution in [0.4, 0.5) is 0 Å². The number of piperazine rings is 1. The van der Waals surface area contributed by atoms with E-state index in [4.69, 9.17) is 0 Å². The molecule has 0 aromatic heterocycles. The number of hydrogen-bond acceptors (Lipinski definition) is 4. The quantitative estimate of drug-likeness (QED) is 0.0997. The SMILES string of the molecule is CCCCCCCCCCCCN(CCCC[C@@H]1NC(=O)CNC1=O)C[C@@H](O)CCCCCCCCCC. The number of nitrogens with one attached hydrogen (secondary N) is 2. The second-order valence-electron chi connectivity index (χ2n) is 11.7. The van der Waals surface area contributed by atoms with E-state index in [2.05, 4.69) is 29.4 Å². The molecule has 0 unspecified atom stereocenters. The van der Waals surface area contributed by atoms with E-state index in [9.17, 15) is 14.7 Å². The van der Waals surface area contributed by atoms with Crippen molar-refractivity contribution in [3.05, 3.63) is 0 Å². The van der Waals surface area contributed by atoms with E-state index in [1.54, 1.807) is 0 Å². The van der Waals surface area contributed by atoms with Gasteiger partial charge in [0.1, 0.15) is 6.04 Å². The Kier molecular flexibility index (Phi) is 22.8. The maximum atomic E-state index is 12.0. The van der Waals surface area contributed by atoms with Crippen LogP contribution in [0.1, 0.15) is 155 Å². The summed E-state index contributed by atoms with van der Waals surface area (Å²) >= 11 is 0. The van der Waals surface area contributed by atoms with Crippen molar-refractivity contribution in [2.75, 3.05) is 26.2 Å². The molecule has 2 amide bonds. The lowest BCUT2D eigenvalue weighted by Gasteiger charge is -2.26. The summed E-state index contributed by atoms with van der Waals surface area (Å²) in [5.74, 6) is -0.158. The third-order valence-corrected chi connectivity index (χ3v) is 7.98. The van der Waals surface area contributed by atoms with Gasteiger partial charge >= 0.3 is 0 Å². The molecule has 0 radical (unpaired) electrons. The van der Waals surface area contributed by atoms with Crippen molar-refractivity contribution < 1.29 is 14.7 Å². The molecular formula is C32H63N3O3. The summed E-state index contributed by atoms with van der Waals surface area (Å²) in [7, 11) is 0. The fourth-order valence-electron chi connectivity index (χ4n) is 5.51. The second-order valence-corrected chi connectivity index (χ2v) is 11.7. The molecule has 0 saturated carbocycles. The van der Waals surface area contributed by atoms with Crippen LogP contribution in [-0.4, -0.2) is 60.1 Å². The molecule has 1 aliphatic heterocycles. The van der Waals surface area contributed by atoms with Gasteiger partial charge in [0.2, 0.25) is 11.8 Å². The van der Waals surface area contributed by atoms with Gasteiger partial charge in [-0.05, 0) is 45.2 Å². The fraction of sp³-hybridized carbons (Fsp3) is 0.938. The van der Waals surface area contributed by atoms with Gasteiger partial charge in [-0.2, -0.15) is 0 Å². The number of nitrogens with zero attached hydrogens (tertiary/aromatic N) is 1. The highest BCUT2D eigenvalue weighted by molar-refractivity contribution is 5.94. The number of rotatable bonds is 27. The minimum atomic E-state index is -0.390. The number of aliphatic hydroxyl groups is 1. The van der Waals surface area contributed by atoms with Gasteiger partial charge in [-0.15, -0.1) is 0 Å². The summed E-state index contributed by atoms with van der Waals surface area (Å²) in [4.78, 5) is 26.0. The molecule has 3 N–H and O–H groups in total. The average Bonchev–Trinajstić information content (AvgIpc) is 2.90. The molecule has 38 heavy (non-hydrogen) atoms. The zero-order valence-corrected chi connectivity index (χ0v) is 25.3. The number of carbonyl (C=O) groups excluding carboxylic acids is 2. The van der Waals surface area contributed by atoms with Crippen molar-refractivity contribution >= 4 is 11.8 Å². The molecule has 6 heteroatoms. The van der Waals surface area contributed by atoms with Crippen LogP contribution in [0.25, 0.3) is 0 Å². The molecule has 0 aromatic rings. The van der Waals surface area contributed by atoms with Gasteiger partial charge in [0.05, 0.1) is 12.6 Å². The van der Waals surface area contributed by atoms with Crippen molar-refractivity contribution in [2.45, 2.75) is 167 Å². The lowest BCUT2D eigenvalue weighted by Crippen LogP contribution is -2.56. The van der Waals surface area contributed by atoms with Gasteiger partial charge < -0.3 is 20.6 Å². The van der Waals surface area contributed by atoms with Crippen molar-refractivity contribution in [1.29, 1.82) is 0 Å². The second kappa shape index (κ2) is 24.9. The average molecular weight is 538 g/mol. The maximum absolute atomic E-state index is 12.0. The van der Waals surface area contributed by atoms with Crippen LogP contribution in [0.3, 0.4) is 0 Å². The number of unbranched alkanes of at least 4 members (excludes halogenated alkanes) is 17. The molecular weight excluding hydrogens is 474 g/mol. The highest BCUT2D eigenvalue weighted by Crippen LogP contribution is 2.14. The molecule has 224 valence electrons. The van der Waals surface area contributed by atoms with Crippen LogP contribution < -0.4 is 10.6 Å². The topological polar surface area (TPSA) is 81.7 Å². The molecule has 0 bridgehead atoms. The Hall–Kier alpha value is -1.14. The third-order valence-electron chi connectivity index (χ3n) is 7.98. The molecule has 0 aliphatic carbocycles. The molecule has 1 rings (SSSR count). The van der Waals surface area contributed by atoms with E-state index in [0.29, 0.717) is 6.42 Å². The highest BCUT2D eigenvalue weighted by atomic mass is 16.3. The van der Waals surface area contributed by atoms with Gasteiger partial charge in [-0.3, -0.25) is 9.59 Å². The van der Waals surface area contributed by atoms with E-state index >= 15 is 0 Å². The monoisotopic (exact) mass is 537 g/mol. The summed E-state index contributed by atoms with van der Waals surface area (Å²) in [6, 6.07) is -0.390. The number of amides is 2. The summed E-state index contributed by atoms with van der Waals surface area (Å²) in [6.45, 7) is 7.39. The van der Waals surface area contributed by atoms with Crippen molar-refractivity contribution in [3.8, 4) is 0 Å². The molecule has 0 aromatic carbocycles. The summed E-state index contributed by atoms with van der Waals surface area (Å²) in [5.41, 5.74) is 0. The lowest BCUT2D eigenvalue weighted by atomic mass is 10.0. The van der Waals surface area contributed by atoms with Crippen molar-refractivity contribution in [1.82, 2.24) is 15.5 Å². The van der Waals surface area contributed by atoms with Gasteiger partial charge in [0.15, 0.2) is 0 Å². The Bertz CT molecular complexity index is 572. The minimum Gasteiger partial charge on any atom is -0.392 e. The Morgan fingerprint density at radius 1 is 0.711 bits per heavy atom. The van der Waals surface area contributed by atoms with Crippen LogP contribution in [0.2, 0.25) is 0 Å². The summed E-state index contributed by atoms with van der Waals surface area (Å²) in [5, 5.41) is 16.2. The van der Waals surface area contributed by atoms with E-state index in [1.807, 2.05) is 0 Å². The standard InChI is InChI=1S/C32H63N3O3/c1-3-5-7-9-11-13-14-16-18-21-25-35(26-22-20-24-30-32(38)33-27-31(37)34-30)28-29(36)23-19-17-15-12-10-8-6-4-2/h29-30,36H,3-28H2,1-2H3,(H,33,38)(H,34,37)/t29-,30-/m0/s1. The van der Waals surface area contributed by atoms with Crippen molar-refractivity contribution in [2.24, 2.45) is 0 Å². The first-order valence-corrected chi connectivity index (χ1v) is 16.5. The van der Waals surface area contributed by atoms with E-state index in [-0.39, 0.29) is 30.5 Å². The maximum Gasteiger partial charge on any atom is 0.243 e. The molecule has 1 heterocycles. The predicted octanol–water partition coefficient (Wildman–Crippen LogP) is 6.89. The molecule has 6 nitrogen and oxygen atoms in total. The first kappa shape index (κ1) is 34.9. The summed E-state index contributed by atoms with van der Waals surface area (Å²) in [6.07, 6.45) is 27.0. The van der Waals surface area contributed by atoms with Crippen LogP contribution >= 0.6 is 0 Å². The molecule has 1 fully saturated rings. The number of hydrogen-bond donors (Lipinski definition) is 3. The van der Waals surface area contributed by atoms with Crippen LogP contribution in [0.5, 0.6) is 0 Å². The van der Waals surface area contributed by atoms with Gasteiger partial charge in [-0.25, -0.2) is 0 Å². The lowest BCUT2D eigenvalue weighted by molar-refractivity contribution is -0.133. The molecule has 0 spiro atoms. The van der Waals surface area contributed by atoms with Crippen LogP contribution in [0, 0.1) is 0 Å². The first-order chi connectivity index (χ1) is 18.6. The van der Waals surface area contributed by atoms with E-state index in [1.165, 1.54) is 109 Å². The Morgan fingerprint density at radius 3 is 1.74 bits per heavy atom. The fourth-order valence-corrected chi connectivity index (χ4v) is 5.51. The van der Waals surface area contributed by atoms with Gasteiger partial charge in [0.25, 0.3) is 0 Å². The summed E-state index contributed by atoms with van der Waals surface area (Å²) < 4.78 is 0. The number of aliphatic hydroxyl groups excluding tert-OH is 1. The minimum absolute atomic E-state index is 0.0624. The predicted molar refractivity (Wildman–Crippen MR) is 160 cm³/mol. The van der Waals surface area contributed by atoms with E-state index in [0.717, 1.165) is 45.3 Å². The normalized spacial score (nSPS) is 16.6. The largest absolute Gasteiger partial charge is 0.392 e. The van der Waals surface area contributed by atoms with Crippen LogP contribution in [-0.2, 0) is 9.59 Å². The Labute approximate surface area is 235 Å². The molecule has 2 atom stereocenters. The first-order valence-electron chi connectivity index (χ1n) is 16.5. The van der Waals surface area contributed by atoms with Gasteiger partial charge in [-0.1, -0.05) is 123 Å². The highest BCUT2D eigenvalue weighted by Gasteiger charge is 2.25. The Morgan fingerprint density at radius 2 is 1.18 bits per heavy atom. The number of carbonyl (C=O) groups is 2. The van der Waals surface area contributed by atoms with E-state index < -0.39 is 0 Å². The smallest absolute Gasteiger partial charge is 0.243 e. The zero-order valence-electron chi connectivity index (χ0n) is 25.3. The molecule has 1 aliphatic rings. The van der Waals surface area contributed by atoms with Crippen molar-refractivity contribution in [3.63, 3.8) is 0 Å². The Balaban J connectivity index is 2.26. The molecule has 1 saturated heterocycles. The zero-order chi connectivity index (χ0) is 27.7.